The van der Waals surface area contributed by atoms with Crippen LogP contribution in [0.15, 0.2) is 109 Å². The summed E-state index contributed by atoms with van der Waals surface area (Å²) in [5.41, 5.74) is 2.56. The van der Waals surface area contributed by atoms with Crippen LogP contribution in [0.4, 0.5) is 0 Å². The Kier molecular flexibility index (Phi) is 9.33. The van der Waals surface area contributed by atoms with Gasteiger partial charge in [-0.3, -0.25) is 0 Å². The van der Waals surface area contributed by atoms with Gasteiger partial charge in [0, 0.05) is 5.56 Å². The fourth-order valence-corrected chi connectivity index (χ4v) is 4.36. The van der Waals surface area contributed by atoms with E-state index >= 15 is 0 Å². The van der Waals surface area contributed by atoms with Gasteiger partial charge in [0.1, 0.15) is 48.3 Å². The van der Waals surface area contributed by atoms with Crippen molar-refractivity contribution in [2.24, 2.45) is 0 Å². The zero-order valence-corrected chi connectivity index (χ0v) is 23.8. The van der Waals surface area contributed by atoms with Crippen LogP contribution in [0.25, 0.3) is 16.9 Å². The molecule has 43 heavy (non-hydrogen) atoms. The standard InChI is InChI=1S/C34H30N2O7/c1-39-33(37)30-31(35-36(32(30)34(38)40-2)26-11-7-4-8-12-26)25-13-15-27(16-14-25)41-21-22-42-28-17-19-29(20-18-28)43-23-24-9-5-3-6-10-24/h3-20H,21-23H2,1-2H3. The van der Waals surface area contributed by atoms with Gasteiger partial charge in [-0.15, -0.1) is 0 Å². The highest BCUT2D eigenvalue weighted by molar-refractivity contribution is 6.06. The summed E-state index contributed by atoms with van der Waals surface area (Å²) in [7, 11) is 2.50. The Bertz CT molecular complexity index is 1650. The van der Waals surface area contributed by atoms with E-state index in [0.717, 1.165) is 11.3 Å². The molecular formula is C34H30N2O7. The summed E-state index contributed by atoms with van der Waals surface area (Å²) < 4.78 is 28.8. The van der Waals surface area contributed by atoms with Crippen molar-refractivity contribution >= 4 is 11.9 Å². The fraction of sp³-hybridized carbons (Fsp3) is 0.147. The van der Waals surface area contributed by atoms with E-state index in [1.165, 1.54) is 18.9 Å². The van der Waals surface area contributed by atoms with Gasteiger partial charge < -0.3 is 23.7 Å². The third kappa shape index (κ3) is 7.02. The lowest BCUT2D eigenvalue weighted by molar-refractivity contribution is 0.0549. The summed E-state index contributed by atoms with van der Waals surface area (Å²) in [4.78, 5) is 25.6. The Labute approximate surface area is 249 Å². The monoisotopic (exact) mass is 578 g/mol. The van der Waals surface area contributed by atoms with Crippen molar-refractivity contribution in [2.45, 2.75) is 6.61 Å². The largest absolute Gasteiger partial charge is 0.490 e. The molecule has 0 amide bonds. The Balaban J connectivity index is 1.22. The Morgan fingerprint density at radius 1 is 0.628 bits per heavy atom. The van der Waals surface area contributed by atoms with E-state index in [4.69, 9.17) is 23.7 Å². The number of esters is 2. The molecule has 0 bridgehead atoms. The molecule has 4 aromatic carbocycles. The van der Waals surface area contributed by atoms with E-state index in [1.54, 1.807) is 36.4 Å². The van der Waals surface area contributed by atoms with Gasteiger partial charge in [0.25, 0.3) is 0 Å². The molecule has 5 aromatic rings. The summed E-state index contributed by atoms with van der Waals surface area (Å²) in [5.74, 6) is 0.655. The number of rotatable bonds is 12. The maximum atomic E-state index is 12.8. The first-order valence-electron chi connectivity index (χ1n) is 13.5. The summed E-state index contributed by atoms with van der Waals surface area (Å²) in [6.45, 7) is 1.15. The van der Waals surface area contributed by atoms with Crippen LogP contribution in [0.5, 0.6) is 17.2 Å². The molecule has 0 aliphatic rings. The normalized spacial score (nSPS) is 10.6. The topological polar surface area (TPSA) is 98.1 Å². The van der Waals surface area contributed by atoms with E-state index in [9.17, 15) is 9.59 Å². The highest BCUT2D eigenvalue weighted by atomic mass is 16.5. The molecule has 9 heteroatoms. The van der Waals surface area contributed by atoms with Gasteiger partial charge in [0.15, 0.2) is 5.69 Å². The molecular weight excluding hydrogens is 548 g/mol. The maximum Gasteiger partial charge on any atom is 0.357 e. The van der Waals surface area contributed by atoms with Crippen LogP contribution in [-0.4, -0.2) is 49.2 Å². The predicted molar refractivity (Wildman–Crippen MR) is 160 cm³/mol. The lowest BCUT2D eigenvalue weighted by Gasteiger charge is -2.10. The highest BCUT2D eigenvalue weighted by Gasteiger charge is 2.31. The second kappa shape index (κ2) is 13.9. The third-order valence-corrected chi connectivity index (χ3v) is 6.48. The Morgan fingerprint density at radius 2 is 1.14 bits per heavy atom. The van der Waals surface area contributed by atoms with Crippen LogP contribution in [0.2, 0.25) is 0 Å². The van der Waals surface area contributed by atoms with E-state index in [-0.39, 0.29) is 17.0 Å². The van der Waals surface area contributed by atoms with Gasteiger partial charge in [-0.1, -0.05) is 48.5 Å². The van der Waals surface area contributed by atoms with Crippen LogP contribution in [0.1, 0.15) is 26.4 Å². The number of carbonyl (C=O) groups is 2. The number of methoxy groups -OCH3 is 2. The highest BCUT2D eigenvalue weighted by Crippen LogP contribution is 2.30. The van der Waals surface area contributed by atoms with Gasteiger partial charge >= 0.3 is 11.9 Å². The van der Waals surface area contributed by atoms with Gasteiger partial charge in [-0.25, -0.2) is 14.3 Å². The zero-order valence-electron chi connectivity index (χ0n) is 23.8. The number of hydrogen-bond acceptors (Lipinski definition) is 8. The number of benzene rings is 4. The second-order valence-electron chi connectivity index (χ2n) is 9.27. The smallest absolute Gasteiger partial charge is 0.357 e. The van der Waals surface area contributed by atoms with Crippen LogP contribution < -0.4 is 14.2 Å². The number of ether oxygens (including phenoxy) is 5. The van der Waals surface area contributed by atoms with E-state index in [2.05, 4.69) is 5.10 Å². The number of carbonyl (C=O) groups excluding carboxylic acids is 2. The van der Waals surface area contributed by atoms with Crippen molar-refractivity contribution < 1.29 is 33.3 Å². The van der Waals surface area contributed by atoms with Gasteiger partial charge in [0.2, 0.25) is 0 Å². The van der Waals surface area contributed by atoms with E-state index < -0.39 is 11.9 Å². The second-order valence-corrected chi connectivity index (χ2v) is 9.27. The summed E-state index contributed by atoms with van der Waals surface area (Å²) >= 11 is 0. The molecule has 1 heterocycles. The van der Waals surface area contributed by atoms with Crippen molar-refractivity contribution in [1.29, 1.82) is 0 Å². The van der Waals surface area contributed by atoms with E-state index in [1.807, 2.05) is 72.8 Å². The van der Waals surface area contributed by atoms with Crippen molar-refractivity contribution in [3.05, 3.63) is 126 Å². The maximum absolute atomic E-state index is 12.8. The average molecular weight is 579 g/mol. The molecule has 0 aliphatic carbocycles. The fourth-order valence-electron chi connectivity index (χ4n) is 4.36. The first kappa shape index (κ1) is 28.9. The number of hydrogen-bond donors (Lipinski definition) is 0. The minimum Gasteiger partial charge on any atom is -0.490 e. The van der Waals surface area contributed by atoms with E-state index in [0.29, 0.717) is 42.6 Å². The molecule has 5 rings (SSSR count). The van der Waals surface area contributed by atoms with Gasteiger partial charge in [-0.05, 0) is 66.2 Å². The lowest BCUT2D eigenvalue weighted by atomic mass is 10.1. The number of nitrogens with zero attached hydrogens (tertiary/aromatic N) is 2. The first-order chi connectivity index (χ1) is 21.1. The molecule has 0 saturated carbocycles. The van der Waals surface area contributed by atoms with Crippen LogP contribution in [0, 0.1) is 0 Å². The molecule has 0 N–H and O–H groups in total. The number of aromatic nitrogens is 2. The zero-order chi connectivity index (χ0) is 30.0. The third-order valence-electron chi connectivity index (χ3n) is 6.48. The molecule has 9 nitrogen and oxygen atoms in total. The van der Waals surface area contributed by atoms with Crippen molar-refractivity contribution in [3.63, 3.8) is 0 Å². The summed E-state index contributed by atoms with van der Waals surface area (Å²) in [6.07, 6.45) is 0. The van der Waals surface area contributed by atoms with Gasteiger partial charge in [-0.2, -0.15) is 5.10 Å². The van der Waals surface area contributed by atoms with Crippen molar-refractivity contribution in [2.75, 3.05) is 27.4 Å². The van der Waals surface area contributed by atoms with Crippen molar-refractivity contribution in [1.82, 2.24) is 9.78 Å². The minimum atomic E-state index is -0.711. The molecule has 218 valence electrons. The van der Waals surface area contributed by atoms with Crippen LogP contribution >= 0.6 is 0 Å². The molecule has 0 fully saturated rings. The quantitative estimate of drug-likeness (QED) is 0.128. The Hall–Kier alpha value is -5.57. The summed E-state index contributed by atoms with van der Waals surface area (Å²) in [6, 6.07) is 33.5. The molecule has 0 unspecified atom stereocenters. The Morgan fingerprint density at radius 3 is 1.70 bits per heavy atom. The van der Waals surface area contributed by atoms with Crippen LogP contribution in [-0.2, 0) is 16.1 Å². The van der Waals surface area contributed by atoms with Gasteiger partial charge in [0.05, 0.1) is 19.9 Å². The SMILES string of the molecule is COC(=O)c1c(-c2ccc(OCCOc3ccc(OCc4ccccc4)cc3)cc2)nn(-c2ccccc2)c1C(=O)OC. The summed E-state index contributed by atoms with van der Waals surface area (Å²) in [5, 5.41) is 4.61. The average Bonchev–Trinajstić information content (AvgIpc) is 3.47. The predicted octanol–water partition coefficient (Wildman–Crippen LogP) is 6.15. The minimum absolute atomic E-state index is 0.0109. The first-order valence-corrected chi connectivity index (χ1v) is 13.5. The molecule has 0 aliphatic heterocycles. The molecule has 0 spiro atoms. The number of para-hydroxylation sites is 1. The molecule has 0 radical (unpaired) electrons. The van der Waals surface area contributed by atoms with Crippen LogP contribution in [0.3, 0.4) is 0 Å². The molecule has 0 saturated heterocycles. The molecule has 1 aromatic heterocycles. The van der Waals surface area contributed by atoms with Crippen molar-refractivity contribution in [3.8, 4) is 34.2 Å². The lowest BCUT2D eigenvalue weighted by Crippen LogP contribution is -2.15. The molecule has 0 atom stereocenters.